The van der Waals surface area contributed by atoms with Crippen molar-refractivity contribution >= 4 is 17.9 Å². The lowest BCUT2D eigenvalue weighted by atomic mass is 9.99. The number of esters is 2. The minimum Gasteiger partial charge on any atom is -0.479 e. The SMILES string of the molecule is CC/C=C\C/C=C\C/C=C\C/C=C\CCC(=O)OCC(COC1OC(C(=O)O)C(O)C(O)C1O)OC(=O)CCCCCCC/C=C\C/C=C\CCCC. The highest BCUT2D eigenvalue weighted by Crippen LogP contribution is 2.23. The molecule has 0 aromatic heterocycles. The van der Waals surface area contributed by atoms with E-state index in [1.165, 1.54) is 12.8 Å². The average molecular weight is 747 g/mol. The van der Waals surface area contributed by atoms with Crippen LogP contribution in [0, 0.1) is 0 Å². The number of carboxylic acid groups (broad SMARTS) is 1. The Balaban J connectivity index is 2.51. The molecule has 1 aliphatic rings. The van der Waals surface area contributed by atoms with E-state index in [-0.39, 0.29) is 19.4 Å². The summed E-state index contributed by atoms with van der Waals surface area (Å²) in [6.07, 6.45) is 29.8. The average Bonchev–Trinajstić information content (AvgIpc) is 3.14. The van der Waals surface area contributed by atoms with Crippen LogP contribution in [0.2, 0.25) is 0 Å². The van der Waals surface area contributed by atoms with Crippen LogP contribution in [0.25, 0.3) is 0 Å². The van der Waals surface area contributed by atoms with Crippen molar-refractivity contribution in [2.45, 2.75) is 160 Å². The lowest BCUT2D eigenvalue weighted by Gasteiger charge is -2.38. The molecule has 1 saturated heterocycles. The molecule has 4 N–H and O–H groups in total. The van der Waals surface area contributed by atoms with Gasteiger partial charge in [0.15, 0.2) is 18.5 Å². The number of hydrogen-bond donors (Lipinski definition) is 4. The normalized spacial score (nSPS) is 21.6. The zero-order chi connectivity index (χ0) is 38.9. The Labute approximate surface area is 317 Å². The van der Waals surface area contributed by atoms with Crippen LogP contribution in [0.4, 0.5) is 0 Å². The maximum atomic E-state index is 12.7. The minimum absolute atomic E-state index is 0.108. The first-order valence-electron chi connectivity index (χ1n) is 19.5. The number of carbonyl (C=O) groups excluding carboxylic acids is 2. The number of ether oxygens (including phenoxy) is 4. The van der Waals surface area contributed by atoms with E-state index >= 15 is 0 Å². The number of unbranched alkanes of at least 4 members (excludes halogenated alkanes) is 7. The molecular weight excluding hydrogens is 680 g/mol. The van der Waals surface area contributed by atoms with Gasteiger partial charge in [0.1, 0.15) is 24.9 Å². The fourth-order valence-corrected chi connectivity index (χ4v) is 5.20. The van der Waals surface area contributed by atoms with Crippen molar-refractivity contribution in [3.05, 3.63) is 72.9 Å². The molecule has 1 heterocycles. The van der Waals surface area contributed by atoms with Crippen LogP contribution in [0.3, 0.4) is 0 Å². The molecule has 6 unspecified atom stereocenters. The van der Waals surface area contributed by atoms with Crippen LogP contribution in [-0.2, 0) is 33.3 Å². The molecule has 0 radical (unpaired) electrons. The van der Waals surface area contributed by atoms with Gasteiger partial charge in [-0.2, -0.15) is 0 Å². The molecule has 300 valence electrons. The van der Waals surface area contributed by atoms with Crippen LogP contribution < -0.4 is 0 Å². The summed E-state index contributed by atoms with van der Waals surface area (Å²) in [6, 6.07) is 0. The van der Waals surface area contributed by atoms with Crippen LogP contribution in [0.15, 0.2) is 72.9 Å². The van der Waals surface area contributed by atoms with Gasteiger partial charge < -0.3 is 39.4 Å². The molecule has 1 fully saturated rings. The van der Waals surface area contributed by atoms with Gasteiger partial charge in [-0.1, -0.05) is 119 Å². The number of aliphatic hydroxyl groups is 3. The lowest BCUT2D eigenvalue weighted by Crippen LogP contribution is -2.60. The summed E-state index contributed by atoms with van der Waals surface area (Å²) in [7, 11) is 0. The summed E-state index contributed by atoms with van der Waals surface area (Å²) >= 11 is 0. The molecule has 0 spiro atoms. The fourth-order valence-electron chi connectivity index (χ4n) is 5.20. The molecule has 0 saturated carbocycles. The molecule has 0 aromatic rings. The molecule has 11 heteroatoms. The van der Waals surface area contributed by atoms with Gasteiger partial charge in [0, 0.05) is 12.8 Å². The zero-order valence-electron chi connectivity index (χ0n) is 32.0. The smallest absolute Gasteiger partial charge is 0.335 e. The van der Waals surface area contributed by atoms with Crippen molar-refractivity contribution in [3.63, 3.8) is 0 Å². The van der Waals surface area contributed by atoms with E-state index in [4.69, 9.17) is 18.9 Å². The van der Waals surface area contributed by atoms with Gasteiger partial charge in [-0.05, 0) is 64.2 Å². The molecule has 1 rings (SSSR count). The third kappa shape index (κ3) is 24.6. The van der Waals surface area contributed by atoms with E-state index < -0.39 is 61.3 Å². The van der Waals surface area contributed by atoms with Crippen molar-refractivity contribution in [2.75, 3.05) is 13.2 Å². The van der Waals surface area contributed by atoms with Gasteiger partial charge in [-0.15, -0.1) is 0 Å². The number of carbonyl (C=O) groups is 3. The second kappa shape index (κ2) is 32.1. The lowest BCUT2D eigenvalue weighted by molar-refractivity contribution is -0.298. The maximum Gasteiger partial charge on any atom is 0.335 e. The number of aliphatic carboxylic acids is 1. The molecule has 6 atom stereocenters. The molecular formula is C42H66O11. The Morgan fingerprint density at radius 3 is 1.75 bits per heavy atom. The predicted octanol–water partition coefficient (Wildman–Crippen LogP) is 7.36. The van der Waals surface area contributed by atoms with Crippen molar-refractivity contribution < 1.29 is 53.8 Å². The van der Waals surface area contributed by atoms with Crippen LogP contribution in [0.5, 0.6) is 0 Å². The Bertz CT molecular complexity index is 1160. The van der Waals surface area contributed by atoms with E-state index in [1.807, 2.05) is 12.2 Å². The number of aliphatic hydroxyl groups excluding tert-OH is 3. The Hall–Kier alpha value is -3.35. The number of hydrogen-bond acceptors (Lipinski definition) is 10. The fraction of sp³-hybridized carbons (Fsp3) is 0.643. The van der Waals surface area contributed by atoms with Gasteiger partial charge in [0.25, 0.3) is 0 Å². The summed E-state index contributed by atoms with van der Waals surface area (Å²) in [5, 5.41) is 39.6. The number of rotatable bonds is 30. The van der Waals surface area contributed by atoms with Gasteiger partial charge in [0.2, 0.25) is 0 Å². The number of allylic oxidation sites excluding steroid dienone is 12. The summed E-state index contributed by atoms with van der Waals surface area (Å²) in [6.45, 7) is 3.54. The van der Waals surface area contributed by atoms with E-state index in [0.29, 0.717) is 12.8 Å². The Morgan fingerprint density at radius 1 is 0.604 bits per heavy atom. The van der Waals surface area contributed by atoms with Crippen molar-refractivity contribution in [2.24, 2.45) is 0 Å². The zero-order valence-corrected chi connectivity index (χ0v) is 32.0. The Kier molecular flexibility index (Phi) is 28.9. The first kappa shape index (κ1) is 47.7. The maximum absolute atomic E-state index is 12.7. The highest BCUT2D eigenvalue weighted by Gasteiger charge is 2.47. The first-order valence-corrected chi connectivity index (χ1v) is 19.5. The highest BCUT2D eigenvalue weighted by molar-refractivity contribution is 5.73. The molecule has 53 heavy (non-hydrogen) atoms. The monoisotopic (exact) mass is 746 g/mol. The van der Waals surface area contributed by atoms with E-state index in [9.17, 15) is 34.8 Å². The second-order valence-corrected chi connectivity index (χ2v) is 13.0. The largest absolute Gasteiger partial charge is 0.479 e. The number of carboxylic acids is 1. The molecule has 0 aliphatic carbocycles. The van der Waals surface area contributed by atoms with Crippen molar-refractivity contribution in [1.29, 1.82) is 0 Å². The second-order valence-electron chi connectivity index (χ2n) is 13.0. The summed E-state index contributed by atoms with van der Waals surface area (Å²) in [4.78, 5) is 36.6. The van der Waals surface area contributed by atoms with Crippen LogP contribution >= 0.6 is 0 Å². The molecule has 0 amide bonds. The third-order valence-electron chi connectivity index (χ3n) is 8.30. The van der Waals surface area contributed by atoms with Crippen molar-refractivity contribution in [1.82, 2.24) is 0 Å². The quantitative estimate of drug-likeness (QED) is 0.0329. The summed E-state index contributed by atoms with van der Waals surface area (Å²) < 4.78 is 21.5. The highest BCUT2D eigenvalue weighted by atomic mass is 16.7. The molecule has 1 aliphatic heterocycles. The third-order valence-corrected chi connectivity index (χ3v) is 8.30. The predicted molar refractivity (Wildman–Crippen MR) is 206 cm³/mol. The summed E-state index contributed by atoms with van der Waals surface area (Å²) in [5.41, 5.74) is 0. The summed E-state index contributed by atoms with van der Waals surface area (Å²) in [5.74, 6) is -2.58. The van der Waals surface area contributed by atoms with Gasteiger partial charge in [0.05, 0.1) is 6.61 Å². The van der Waals surface area contributed by atoms with Crippen molar-refractivity contribution in [3.8, 4) is 0 Å². The first-order chi connectivity index (χ1) is 25.7. The van der Waals surface area contributed by atoms with E-state index in [0.717, 1.165) is 70.6 Å². The van der Waals surface area contributed by atoms with Gasteiger partial charge >= 0.3 is 17.9 Å². The Morgan fingerprint density at radius 2 is 1.15 bits per heavy atom. The van der Waals surface area contributed by atoms with Gasteiger partial charge in [-0.3, -0.25) is 9.59 Å². The molecule has 11 nitrogen and oxygen atoms in total. The molecule has 0 bridgehead atoms. The minimum atomic E-state index is -1.87. The van der Waals surface area contributed by atoms with E-state index in [1.54, 1.807) is 0 Å². The van der Waals surface area contributed by atoms with Crippen LogP contribution in [-0.4, -0.2) is 88.4 Å². The van der Waals surface area contributed by atoms with Gasteiger partial charge in [-0.25, -0.2) is 4.79 Å². The van der Waals surface area contributed by atoms with E-state index in [2.05, 4.69) is 74.6 Å². The van der Waals surface area contributed by atoms with Crippen LogP contribution in [0.1, 0.15) is 123 Å². The topological polar surface area (TPSA) is 169 Å². The molecule has 0 aromatic carbocycles. The standard InChI is InChI=1S/C42H66O11/c1-3-5-7-9-11-13-15-17-19-21-23-25-27-29-31-36(44)52-34(33-51-42-39(47)37(45)38(46)40(53-42)41(48)49)32-50-35(43)30-28-26-24-22-20-18-16-14-12-10-8-6-4-2/h6,8-9,11-12,14-15,17-18,20,24,26,34,37-40,42,45-47H,3-5,7,10,13,16,19,21-23,25,27-33H2,1-2H3,(H,48,49)/b8-6-,11-9-,14-12-,17-15-,20-18-,26-24-.